The predicted molar refractivity (Wildman–Crippen MR) is 69.1 cm³/mol. The predicted octanol–water partition coefficient (Wildman–Crippen LogP) is 0.0952. The van der Waals surface area contributed by atoms with Crippen molar-refractivity contribution in [3.63, 3.8) is 0 Å². The molecule has 1 aromatic rings. The van der Waals surface area contributed by atoms with E-state index in [-0.39, 0.29) is 6.03 Å². The Labute approximate surface area is 107 Å². The minimum absolute atomic E-state index is 0.217. The molecule has 0 aliphatic heterocycles. The first kappa shape index (κ1) is 14.4. The quantitative estimate of drug-likeness (QED) is 0.602. The molecule has 0 fully saturated rings. The highest BCUT2D eigenvalue weighted by atomic mass is 16.2. The van der Waals surface area contributed by atoms with Crippen LogP contribution in [-0.4, -0.2) is 40.7 Å². The zero-order valence-electron chi connectivity index (χ0n) is 11.2. The van der Waals surface area contributed by atoms with Gasteiger partial charge in [-0.1, -0.05) is 19.1 Å². The molecule has 0 atom stereocenters. The van der Waals surface area contributed by atoms with E-state index >= 15 is 0 Å². The summed E-state index contributed by atoms with van der Waals surface area (Å²) in [7, 11) is 1.58. The maximum absolute atomic E-state index is 11.0. The van der Waals surface area contributed by atoms with Gasteiger partial charge in [0.1, 0.15) is 5.69 Å². The van der Waals surface area contributed by atoms with Gasteiger partial charge in [-0.2, -0.15) is 0 Å². The van der Waals surface area contributed by atoms with Crippen LogP contribution in [0.15, 0.2) is 6.20 Å². The highest BCUT2D eigenvalue weighted by molar-refractivity contribution is 5.73. The second-order valence-electron chi connectivity index (χ2n) is 4.37. The standard InChI is InChI=1S/C11H22N6O/c1-9(2)13-5-4-6-17-8-10(15-16-17)7-14-11(18)12-3/h8-9,13H,4-7H2,1-3H3,(H2,12,14,18). The Morgan fingerprint density at radius 2 is 2.28 bits per heavy atom. The van der Waals surface area contributed by atoms with Gasteiger partial charge >= 0.3 is 6.03 Å². The average Bonchev–Trinajstić information content (AvgIpc) is 2.79. The van der Waals surface area contributed by atoms with Crippen LogP contribution in [0.1, 0.15) is 26.0 Å². The van der Waals surface area contributed by atoms with Crippen molar-refractivity contribution in [3.8, 4) is 0 Å². The summed E-state index contributed by atoms with van der Waals surface area (Å²) in [5.41, 5.74) is 0.760. The lowest BCUT2D eigenvalue weighted by molar-refractivity contribution is 0.242. The number of hydrogen-bond acceptors (Lipinski definition) is 4. The van der Waals surface area contributed by atoms with Crippen LogP contribution in [0, 0.1) is 0 Å². The molecule has 0 radical (unpaired) electrons. The third-order valence-corrected chi connectivity index (χ3v) is 2.36. The van der Waals surface area contributed by atoms with E-state index in [0.29, 0.717) is 12.6 Å². The number of urea groups is 1. The van der Waals surface area contributed by atoms with Gasteiger partial charge in [0, 0.05) is 19.6 Å². The fraction of sp³-hybridized carbons (Fsp3) is 0.727. The van der Waals surface area contributed by atoms with Crippen molar-refractivity contribution in [2.45, 2.75) is 39.4 Å². The van der Waals surface area contributed by atoms with Crippen molar-refractivity contribution in [2.75, 3.05) is 13.6 Å². The second kappa shape index (κ2) is 7.65. The van der Waals surface area contributed by atoms with Gasteiger partial charge in [-0.05, 0) is 13.0 Å². The number of nitrogens with zero attached hydrogens (tertiary/aromatic N) is 3. The molecule has 1 rings (SSSR count). The van der Waals surface area contributed by atoms with Gasteiger partial charge in [0.25, 0.3) is 0 Å². The molecule has 0 aliphatic carbocycles. The van der Waals surface area contributed by atoms with E-state index in [4.69, 9.17) is 0 Å². The molecule has 1 aromatic heterocycles. The van der Waals surface area contributed by atoms with Crippen LogP contribution in [0.25, 0.3) is 0 Å². The van der Waals surface area contributed by atoms with Crippen LogP contribution in [0.4, 0.5) is 4.79 Å². The summed E-state index contributed by atoms with van der Waals surface area (Å²) in [4.78, 5) is 11.0. The van der Waals surface area contributed by atoms with E-state index in [1.54, 1.807) is 11.7 Å². The van der Waals surface area contributed by atoms with Crippen LogP contribution in [0.2, 0.25) is 0 Å². The van der Waals surface area contributed by atoms with E-state index in [1.165, 1.54) is 0 Å². The zero-order valence-corrected chi connectivity index (χ0v) is 11.2. The summed E-state index contributed by atoms with van der Waals surface area (Å²) in [5.74, 6) is 0. The Morgan fingerprint density at radius 1 is 1.50 bits per heavy atom. The van der Waals surface area contributed by atoms with E-state index in [1.807, 2.05) is 6.20 Å². The third kappa shape index (κ3) is 5.62. The van der Waals surface area contributed by atoms with Gasteiger partial charge < -0.3 is 16.0 Å². The lowest BCUT2D eigenvalue weighted by Crippen LogP contribution is -2.32. The lowest BCUT2D eigenvalue weighted by atomic mass is 10.3. The molecule has 0 aromatic carbocycles. The molecule has 7 heteroatoms. The van der Waals surface area contributed by atoms with Crippen LogP contribution >= 0.6 is 0 Å². The van der Waals surface area contributed by atoms with E-state index in [9.17, 15) is 4.79 Å². The van der Waals surface area contributed by atoms with E-state index < -0.39 is 0 Å². The number of carbonyl (C=O) groups is 1. The lowest BCUT2D eigenvalue weighted by Gasteiger charge is -2.06. The first-order valence-corrected chi connectivity index (χ1v) is 6.19. The fourth-order valence-corrected chi connectivity index (χ4v) is 1.42. The van der Waals surface area contributed by atoms with Crippen LogP contribution in [0.3, 0.4) is 0 Å². The number of carbonyl (C=O) groups excluding carboxylic acids is 1. The number of nitrogens with one attached hydrogen (secondary N) is 3. The van der Waals surface area contributed by atoms with Gasteiger partial charge in [0.05, 0.1) is 12.7 Å². The van der Waals surface area contributed by atoms with Gasteiger partial charge in [0.2, 0.25) is 0 Å². The van der Waals surface area contributed by atoms with Crippen molar-refractivity contribution in [3.05, 3.63) is 11.9 Å². The minimum Gasteiger partial charge on any atom is -0.341 e. The SMILES string of the molecule is CNC(=O)NCc1cn(CCCNC(C)C)nn1. The molecular formula is C11H22N6O. The summed E-state index contributed by atoms with van der Waals surface area (Å²) in [6.45, 7) is 6.43. The van der Waals surface area contributed by atoms with E-state index in [2.05, 4.69) is 40.1 Å². The van der Waals surface area contributed by atoms with Gasteiger partial charge in [-0.15, -0.1) is 5.10 Å². The van der Waals surface area contributed by atoms with Crippen LogP contribution in [0.5, 0.6) is 0 Å². The van der Waals surface area contributed by atoms with E-state index in [0.717, 1.165) is 25.2 Å². The molecule has 7 nitrogen and oxygen atoms in total. The first-order valence-electron chi connectivity index (χ1n) is 6.19. The Morgan fingerprint density at radius 3 is 2.94 bits per heavy atom. The smallest absolute Gasteiger partial charge is 0.314 e. The molecule has 0 aliphatic rings. The maximum Gasteiger partial charge on any atom is 0.314 e. The molecule has 0 saturated carbocycles. The number of hydrogen-bond donors (Lipinski definition) is 3. The van der Waals surface area contributed by atoms with Gasteiger partial charge in [-0.25, -0.2) is 4.79 Å². The Hall–Kier alpha value is -1.63. The average molecular weight is 254 g/mol. The second-order valence-corrected chi connectivity index (χ2v) is 4.37. The summed E-state index contributed by atoms with van der Waals surface area (Å²) in [6.07, 6.45) is 2.86. The molecule has 0 saturated heterocycles. The molecule has 3 N–H and O–H groups in total. The summed E-state index contributed by atoms with van der Waals surface area (Å²) < 4.78 is 1.79. The highest BCUT2D eigenvalue weighted by Gasteiger charge is 2.02. The van der Waals surface area contributed by atoms with Gasteiger partial charge in [-0.3, -0.25) is 4.68 Å². The monoisotopic (exact) mass is 254 g/mol. The summed E-state index contributed by atoms with van der Waals surface area (Å²) in [5, 5.41) is 16.5. The normalized spacial score (nSPS) is 10.7. The summed E-state index contributed by atoms with van der Waals surface area (Å²) >= 11 is 0. The van der Waals surface area contributed by atoms with Crippen LogP contribution < -0.4 is 16.0 Å². The largest absolute Gasteiger partial charge is 0.341 e. The van der Waals surface area contributed by atoms with Crippen molar-refractivity contribution in [2.24, 2.45) is 0 Å². The maximum atomic E-state index is 11.0. The molecular weight excluding hydrogens is 232 g/mol. The summed E-state index contributed by atoms with van der Waals surface area (Å²) in [6, 6.07) is 0.291. The molecule has 0 unspecified atom stereocenters. The highest BCUT2D eigenvalue weighted by Crippen LogP contribution is 1.94. The van der Waals surface area contributed by atoms with Crippen LogP contribution in [-0.2, 0) is 13.1 Å². The number of aromatic nitrogens is 3. The number of amides is 2. The Balaban J connectivity index is 2.23. The molecule has 18 heavy (non-hydrogen) atoms. The first-order chi connectivity index (χ1) is 8.61. The topological polar surface area (TPSA) is 83.9 Å². The number of rotatable bonds is 7. The third-order valence-electron chi connectivity index (χ3n) is 2.36. The van der Waals surface area contributed by atoms with Crippen molar-refractivity contribution in [1.29, 1.82) is 0 Å². The Kier molecular flexibility index (Phi) is 6.13. The molecule has 1 heterocycles. The van der Waals surface area contributed by atoms with Crippen molar-refractivity contribution < 1.29 is 4.79 Å². The van der Waals surface area contributed by atoms with Crippen molar-refractivity contribution in [1.82, 2.24) is 30.9 Å². The molecule has 0 bridgehead atoms. The number of aryl methyl sites for hydroxylation is 1. The Bertz CT molecular complexity index is 362. The zero-order chi connectivity index (χ0) is 13.4. The van der Waals surface area contributed by atoms with Gasteiger partial charge in [0.15, 0.2) is 0 Å². The molecule has 2 amide bonds. The minimum atomic E-state index is -0.217. The van der Waals surface area contributed by atoms with Crippen molar-refractivity contribution >= 4 is 6.03 Å². The molecule has 102 valence electrons. The fourth-order valence-electron chi connectivity index (χ4n) is 1.42. The molecule has 0 spiro atoms.